The molecular formula is C31H49Si+. The molecule has 0 aliphatic rings. The summed E-state index contributed by atoms with van der Waals surface area (Å²) >= 11 is 0. The lowest BCUT2D eigenvalue weighted by atomic mass is 9.89. The van der Waals surface area contributed by atoms with Crippen molar-refractivity contribution in [3.63, 3.8) is 0 Å². The quantitative estimate of drug-likeness (QED) is 0.354. The first-order valence-corrected chi connectivity index (χ1v) is 15.0. The maximum atomic E-state index is 2.58. The summed E-state index contributed by atoms with van der Waals surface area (Å²) in [4.78, 5) is 0. The molecule has 0 N–H and O–H groups in total. The van der Waals surface area contributed by atoms with E-state index in [1.165, 1.54) is 11.1 Å². The van der Waals surface area contributed by atoms with Crippen molar-refractivity contribution >= 4 is 19.2 Å². The molecule has 0 fully saturated rings. The monoisotopic (exact) mass is 449 g/mol. The van der Waals surface area contributed by atoms with Crippen LogP contribution in [0.4, 0.5) is 0 Å². The summed E-state index contributed by atoms with van der Waals surface area (Å²) in [6.07, 6.45) is 0. The van der Waals surface area contributed by atoms with Crippen molar-refractivity contribution in [3.8, 4) is 0 Å². The second-order valence-corrected chi connectivity index (χ2v) is 14.0. The van der Waals surface area contributed by atoms with Gasteiger partial charge in [-0.3, -0.25) is 0 Å². The molecule has 32 heavy (non-hydrogen) atoms. The van der Waals surface area contributed by atoms with Gasteiger partial charge in [-0.15, -0.1) is 0 Å². The standard InChI is InChI=1S/C31H49Si/c1-18(2)24-14-26(20(5)6)30(27(15-24)21(7)8)32(13)31-28(22(9)10)16-25(19(3)4)17-29(31)23(11)12/h14-23H,1-13H3/q+1. The van der Waals surface area contributed by atoms with Gasteiger partial charge in [0.1, 0.15) is 10.4 Å². The largest absolute Gasteiger partial charge is 0.388 e. The lowest BCUT2D eigenvalue weighted by Crippen LogP contribution is -2.47. The van der Waals surface area contributed by atoms with E-state index in [1.807, 2.05) is 0 Å². The van der Waals surface area contributed by atoms with Crippen molar-refractivity contribution < 1.29 is 0 Å². The first-order chi connectivity index (χ1) is 14.8. The van der Waals surface area contributed by atoms with Crippen molar-refractivity contribution in [2.45, 2.75) is 125 Å². The van der Waals surface area contributed by atoms with E-state index in [1.54, 1.807) is 32.6 Å². The van der Waals surface area contributed by atoms with Gasteiger partial charge in [-0.1, -0.05) is 107 Å². The smallest absolute Gasteiger partial charge is 0.0587 e. The van der Waals surface area contributed by atoms with E-state index in [-0.39, 0.29) is 0 Å². The van der Waals surface area contributed by atoms with E-state index in [0.717, 1.165) is 0 Å². The van der Waals surface area contributed by atoms with Crippen LogP contribution in [0, 0.1) is 0 Å². The highest BCUT2D eigenvalue weighted by Gasteiger charge is 2.39. The fraction of sp³-hybridized carbons (Fsp3) is 0.613. The highest BCUT2D eigenvalue weighted by Crippen LogP contribution is 2.30. The lowest BCUT2D eigenvalue weighted by Gasteiger charge is -2.24. The maximum absolute atomic E-state index is 2.58. The summed E-state index contributed by atoms with van der Waals surface area (Å²) in [7, 11) is -0.926. The van der Waals surface area contributed by atoms with E-state index >= 15 is 0 Å². The molecule has 0 aliphatic carbocycles. The van der Waals surface area contributed by atoms with Crippen LogP contribution in [0.15, 0.2) is 24.3 Å². The van der Waals surface area contributed by atoms with Crippen LogP contribution in [0.2, 0.25) is 6.55 Å². The van der Waals surface area contributed by atoms with Gasteiger partial charge in [-0.25, -0.2) is 0 Å². The molecule has 0 unspecified atom stereocenters. The van der Waals surface area contributed by atoms with Gasteiger partial charge in [0, 0.05) is 0 Å². The number of hydrogen-bond donors (Lipinski definition) is 0. The zero-order valence-electron chi connectivity index (χ0n) is 23.3. The highest BCUT2D eigenvalue weighted by molar-refractivity contribution is 6.85. The fourth-order valence-electron chi connectivity index (χ4n) is 4.90. The Bertz CT molecular complexity index is 779. The summed E-state index contributed by atoms with van der Waals surface area (Å²) in [5.41, 5.74) is 9.36. The van der Waals surface area contributed by atoms with Gasteiger partial charge in [0.25, 0.3) is 0 Å². The van der Waals surface area contributed by atoms with Crippen molar-refractivity contribution in [1.82, 2.24) is 0 Å². The zero-order valence-corrected chi connectivity index (χ0v) is 24.3. The molecule has 0 saturated heterocycles. The number of benzene rings is 2. The summed E-state index contributed by atoms with van der Waals surface area (Å²) in [5.74, 6) is 3.30. The zero-order chi connectivity index (χ0) is 24.5. The first kappa shape index (κ1) is 26.9. The SMILES string of the molecule is CC(C)c1cc(C(C)C)c([Si+](C)c2c(C(C)C)cc(C(C)C)cc2C(C)C)c(C(C)C)c1. The average Bonchev–Trinajstić information content (AvgIpc) is 2.70. The summed E-state index contributed by atoms with van der Waals surface area (Å²) in [6, 6.07) is 10.2. The summed E-state index contributed by atoms with van der Waals surface area (Å²) < 4.78 is 0. The van der Waals surface area contributed by atoms with Crippen LogP contribution in [0.3, 0.4) is 0 Å². The second kappa shape index (κ2) is 10.7. The van der Waals surface area contributed by atoms with Gasteiger partial charge < -0.3 is 0 Å². The van der Waals surface area contributed by atoms with Gasteiger partial charge in [0.05, 0.1) is 6.55 Å². The van der Waals surface area contributed by atoms with Crippen LogP contribution in [0.5, 0.6) is 0 Å². The molecule has 2 rings (SSSR count). The molecule has 2 aromatic carbocycles. The number of rotatable bonds is 8. The van der Waals surface area contributed by atoms with E-state index in [2.05, 4.69) is 114 Å². The van der Waals surface area contributed by atoms with Crippen LogP contribution < -0.4 is 10.4 Å². The predicted octanol–water partition coefficient (Wildman–Crippen LogP) is 8.67. The molecule has 1 heteroatoms. The maximum Gasteiger partial charge on any atom is 0.388 e. The van der Waals surface area contributed by atoms with Crippen molar-refractivity contribution in [2.24, 2.45) is 0 Å². The Morgan fingerprint density at radius 2 is 0.625 bits per heavy atom. The predicted molar refractivity (Wildman–Crippen MR) is 148 cm³/mol. The third-order valence-electron chi connectivity index (χ3n) is 7.01. The van der Waals surface area contributed by atoms with E-state index in [0.29, 0.717) is 35.5 Å². The van der Waals surface area contributed by atoms with E-state index in [4.69, 9.17) is 0 Å². The topological polar surface area (TPSA) is 0 Å². The molecule has 2 aromatic rings. The Labute approximate surface area is 201 Å². The Kier molecular flexibility index (Phi) is 9.02. The Hall–Kier alpha value is -1.34. The Morgan fingerprint density at radius 1 is 0.406 bits per heavy atom. The first-order valence-electron chi connectivity index (χ1n) is 13.0. The van der Waals surface area contributed by atoms with Crippen molar-refractivity contribution in [2.75, 3.05) is 0 Å². The molecule has 176 valence electrons. The van der Waals surface area contributed by atoms with E-state index < -0.39 is 8.80 Å². The van der Waals surface area contributed by atoms with Gasteiger partial charge in [0.15, 0.2) is 0 Å². The Balaban J connectivity index is 2.94. The molecule has 0 aromatic heterocycles. The van der Waals surface area contributed by atoms with Crippen LogP contribution in [-0.4, -0.2) is 8.80 Å². The molecular weight excluding hydrogens is 400 g/mol. The van der Waals surface area contributed by atoms with Crippen LogP contribution in [0.25, 0.3) is 0 Å². The molecule has 0 bridgehead atoms. The minimum atomic E-state index is -0.926. The minimum absolute atomic E-state index is 0.543. The van der Waals surface area contributed by atoms with Crippen molar-refractivity contribution in [1.29, 1.82) is 0 Å². The average molecular weight is 450 g/mol. The van der Waals surface area contributed by atoms with Crippen molar-refractivity contribution in [3.05, 3.63) is 57.6 Å². The molecule has 0 atom stereocenters. The van der Waals surface area contributed by atoms with Crippen LogP contribution in [-0.2, 0) is 0 Å². The summed E-state index contributed by atoms with van der Waals surface area (Å²) in [6.45, 7) is 31.0. The van der Waals surface area contributed by atoms with Gasteiger partial charge in [-0.05, 0) is 68.9 Å². The normalized spacial score (nSPS) is 12.3. The summed E-state index contributed by atoms with van der Waals surface area (Å²) in [5, 5.41) is 3.37. The number of hydrogen-bond acceptors (Lipinski definition) is 0. The highest BCUT2D eigenvalue weighted by atomic mass is 28.3. The van der Waals surface area contributed by atoms with Gasteiger partial charge >= 0.3 is 8.80 Å². The Morgan fingerprint density at radius 3 is 0.781 bits per heavy atom. The molecule has 0 amide bonds. The van der Waals surface area contributed by atoms with Gasteiger partial charge in [-0.2, -0.15) is 0 Å². The third-order valence-corrected chi connectivity index (χ3v) is 9.67. The van der Waals surface area contributed by atoms with Crippen LogP contribution >= 0.6 is 0 Å². The fourth-order valence-corrected chi connectivity index (χ4v) is 8.33. The van der Waals surface area contributed by atoms with Gasteiger partial charge in [0.2, 0.25) is 0 Å². The molecule has 0 aliphatic heterocycles. The van der Waals surface area contributed by atoms with Crippen LogP contribution in [0.1, 0.15) is 152 Å². The molecule has 0 heterocycles. The third kappa shape index (κ3) is 5.58. The van der Waals surface area contributed by atoms with E-state index in [9.17, 15) is 0 Å². The molecule has 0 saturated carbocycles. The minimum Gasteiger partial charge on any atom is -0.0587 e. The second-order valence-electron chi connectivity index (χ2n) is 11.7. The molecule has 0 nitrogen and oxygen atoms in total. The molecule has 0 radical (unpaired) electrons. The lowest BCUT2D eigenvalue weighted by molar-refractivity contribution is 0.809. The molecule has 0 spiro atoms.